The molecule has 0 atom stereocenters. The second-order valence-electron chi connectivity index (χ2n) is 6.11. The molecule has 0 amide bonds. The van der Waals surface area contributed by atoms with Crippen LogP contribution in [0.3, 0.4) is 0 Å². The van der Waals surface area contributed by atoms with E-state index in [2.05, 4.69) is 5.10 Å². The third-order valence-electron chi connectivity index (χ3n) is 4.19. The summed E-state index contributed by atoms with van der Waals surface area (Å²) in [5.41, 5.74) is 2.17. The van der Waals surface area contributed by atoms with Gasteiger partial charge < -0.3 is 4.74 Å². The van der Waals surface area contributed by atoms with Crippen LogP contribution in [0.4, 0.5) is 4.39 Å². The summed E-state index contributed by atoms with van der Waals surface area (Å²) < 4.78 is 20.3. The van der Waals surface area contributed by atoms with Crippen molar-refractivity contribution >= 4 is 50.7 Å². The molecule has 0 aliphatic heterocycles. The van der Waals surface area contributed by atoms with Crippen LogP contribution in [0.1, 0.15) is 20.9 Å². The molecule has 0 radical (unpaired) electrons. The van der Waals surface area contributed by atoms with Crippen molar-refractivity contribution in [2.24, 2.45) is 0 Å². The van der Waals surface area contributed by atoms with Crippen LogP contribution in [0.25, 0.3) is 15.9 Å². The predicted octanol–water partition coefficient (Wildman–Crippen LogP) is 6.20. The molecule has 4 nitrogen and oxygen atoms in total. The lowest BCUT2D eigenvalue weighted by atomic mass is 10.2. The molecule has 0 N–H and O–H groups in total. The maximum absolute atomic E-state index is 13.2. The third kappa shape index (κ3) is 3.63. The van der Waals surface area contributed by atoms with E-state index in [0.717, 1.165) is 15.9 Å². The highest BCUT2D eigenvalue weighted by molar-refractivity contribution is 7.20. The molecule has 0 unspecified atom stereocenters. The topological polar surface area (TPSA) is 44.1 Å². The van der Waals surface area contributed by atoms with E-state index >= 15 is 0 Å². The van der Waals surface area contributed by atoms with Gasteiger partial charge in [-0.3, -0.25) is 0 Å². The van der Waals surface area contributed by atoms with E-state index in [1.54, 1.807) is 41.1 Å². The van der Waals surface area contributed by atoms with Crippen LogP contribution in [0.2, 0.25) is 10.0 Å². The number of benzene rings is 2. The Morgan fingerprint density at radius 1 is 1.18 bits per heavy atom. The molecule has 0 saturated heterocycles. The molecule has 2 aromatic carbocycles. The third-order valence-corrected chi connectivity index (χ3v) is 5.87. The largest absolute Gasteiger partial charge is 0.457 e. The minimum Gasteiger partial charge on any atom is -0.457 e. The number of ether oxygens (including phenoxy) is 1. The van der Waals surface area contributed by atoms with E-state index in [4.69, 9.17) is 27.9 Å². The predicted molar refractivity (Wildman–Crippen MR) is 109 cm³/mol. The average Bonchev–Trinajstić information content (AvgIpc) is 3.22. The molecule has 0 bridgehead atoms. The lowest BCUT2D eigenvalue weighted by Gasteiger charge is -2.06. The first-order valence-corrected chi connectivity index (χ1v) is 9.86. The molecular formula is C20H13Cl2FN2O2S. The molecule has 0 spiro atoms. The minimum absolute atomic E-state index is 0.0478. The first-order valence-electron chi connectivity index (χ1n) is 8.28. The fourth-order valence-electron chi connectivity index (χ4n) is 2.76. The van der Waals surface area contributed by atoms with E-state index in [9.17, 15) is 9.18 Å². The van der Waals surface area contributed by atoms with E-state index in [0.29, 0.717) is 26.2 Å². The number of halogens is 3. The lowest BCUT2D eigenvalue weighted by Crippen LogP contribution is -2.03. The number of nitrogens with zero attached hydrogens (tertiary/aromatic N) is 2. The molecule has 2 heterocycles. The molecular weight excluding hydrogens is 422 g/mol. The van der Waals surface area contributed by atoms with Crippen LogP contribution in [0.5, 0.6) is 0 Å². The monoisotopic (exact) mass is 434 g/mol. The minimum atomic E-state index is -0.447. The molecule has 4 rings (SSSR count). The smallest absolute Gasteiger partial charge is 0.348 e. The number of thiophene rings is 1. The van der Waals surface area contributed by atoms with Gasteiger partial charge >= 0.3 is 5.97 Å². The van der Waals surface area contributed by atoms with Gasteiger partial charge in [0, 0.05) is 21.0 Å². The van der Waals surface area contributed by atoms with Crippen LogP contribution in [-0.4, -0.2) is 15.7 Å². The Labute approximate surface area is 174 Å². The Balaban J connectivity index is 1.60. The summed E-state index contributed by atoms with van der Waals surface area (Å²) in [6, 6.07) is 12.8. The van der Waals surface area contributed by atoms with Crippen molar-refractivity contribution in [2.75, 3.05) is 0 Å². The highest BCUT2D eigenvalue weighted by atomic mass is 35.5. The Hall–Kier alpha value is -2.41. The molecule has 28 heavy (non-hydrogen) atoms. The van der Waals surface area contributed by atoms with E-state index in [1.807, 2.05) is 6.92 Å². The SMILES string of the molecule is Cc1nn(-c2ccc(F)cc2)c2sc(C(=O)OCc3ccc(Cl)cc3Cl)cc12. The standard InChI is InChI=1S/C20H13Cl2FN2O2S/c1-11-16-9-18(20(26)27-10-12-2-3-13(21)8-17(12)22)28-19(16)25(24-11)15-6-4-14(23)5-7-15/h2-9H,10H2,1H3. The van der Waals surface area contributed by atoms with E-state index in [-0.39, 0.29) is 12.4 Å². The maximum Gasteiger partial charge on any atom is 0.348 e. The number of aromatic nitrogens is 2. The summed E-state index contributed by atoms with van der Waals surface area (Å²) in [5, 5.41) is 6.30. The van der Waals surface area contributed by atoms with Gasteiger partial charge in [0.1, 0.15) is 22.1 Å². The van der Waals surface area contributed by atoms with Crippen LogP contribution in [0, 0.1) is 12.7 Å². The number of fused-ring (bicyclic) bond motifs is 1. The molecule has 4 aromatic rings. The first kappa shape index (κ1) is 18.9. The summed E-state index contributed by atoms with van der Waals surface area (Å²) in [7, 11) is 0. The van der Waals surface area contributed by atoms with Gasteiger partial charge in [-0.1, -0.05) is 29.3 Å². The van der Waals surface area contributed by atoms with Crippen LogP contribution in [-0.2, 0) is 11.3 Å². The number of rotatable bonds is 4. The number of aryl methyl sites for hydroxylation is 1. The Kier molecular flexibility index (Phi) is 5.10. The summed E-state index contributed by atoms with van der Waals surface area (Å²) in [5.74, 6) is -0.766. The molecule has 2 aromatic heterocycles. The Morgan fingerprint density at radius 2 is 1.93 bits per heavy atom. The number of hydrogen-bond donors (Lipinski definition) is 0. The van der Waals surface area contributed by atoms with Crippen molar-refractivity contribution in [3.8, 4) is 5.69 Å². The van der Waals surface area contributed by atoms with E-state index < -0.39 is 5.97 Å². The molecule has 142 valence electrons. The van der Waals surface area contributed by atoms with Gasteiger partial charge in [0.15, 0.2) is 0 Å². The zero-order valence-corrected chi connectivity index (χ0v) is 16.9. The number of hydrogen-bond acceptors (Lipinski definition) is 4. The van der Waals surface area contributed by atoms with Gasteiger partial charge in [0.25, 0.3) is 0 Å². The van der Waals surface area contributed by atoms with Gasteiger partial charge in [-0.15, -0.1) is 11.3 Å². The van der Waals surface area contributed by atoms with Gasteiger partial charge in [-0.25, -0.2) is 13.9 Å². The number of esters is 1. The van der Waals surface area contributed by atoms with Gasteiger partial charge in [-0.2, -0.15) is 5.10 Å². The van der Waals surface area contributed by atoms with Crippen molar-refractivity contribution in [2.45, 2.75) is 13.5 Å². The van der Waals surface area contributed by atoms with Gasteiger partial charge in [0.2, 0.25) is 0 Å². The first-order chi connectivity index (χ1) is 13.4. The van der Waals surface area contributed by atoms with Crippen molar-refractivity contribution in [3.63, 3.8) is 0 Å². The number of carbonyl (C=O) groups excluding carboxylic acids is 1. The molecule has 8 heteroatoms. The highest BCUT2D eigenvalue weighted by Gasteiger charge is 2.18. The Bertz CT molecular complexity index is 1190. The fraction of sp³-hybridized carbons (Fsp3) is 0.100. The molecule has 0 aliphatic rings. The summed E-state index contributed by atoms with van der Waals surface area (Å²) >= 11 is 13.3. The van der Waals surface area contributed by atoms with Crippen molar-refractivity contribution in [1.29, 1.82) is 0 Å². The zero-order valence-electron chi connectivity index (χ0n) is 14.6. The quantitative estimate of drug-likeness (QED) is 0.359. The number of carbonyl (C=O) groups is 1. The molecule has 0 aliphatic carbocycles. The second kappa shape index (κ2) is 7.54. The fourth-order valence-corrected chi connectivity index (χ4v) is 4.30. The molecule has 0 saturated carbocycles. The lowest BCUT2D eigenvalue weighted by molar-refractivity contribution is 0.0479. The summed E-state index contributed by atoms with van der Waals surface area (Å²) in [4.78, 5) is 13.8. The van der Waals surface area contributed by atoms with E-state index in [1.165, 1.54) is 23.5 Å². The summed E-state index contributed by atoms with van der Waals surface area (Å²) in [6.45, 7) is 1.91. The highest BCUT2D eigenvalue weighted by Crippen LogP contribution is 2.31. The van der Waals surface area contributed by atoms with Crippen LogP contribution in [0.15, 0.2) is 48.5 Å². The van der Waals surface area contributed by atoms with Gasteiger partial charge in [0.05, 0.1) is 11.4 Å². The van der Waals surface area contributed by atoms with Crippen LogP contribution < -0.4 is 0 Å². The van der Waals surface area contributed by atoms with Crippen molar-refractivity contribution < 1.29 is 13.9 Å². The van der Waals surface area contributed by atoms with Crippen molar-refractivity contribution in [1.82, 2.24) is 9.78 Å². The molecule has 0 fully saturated rings. The normalized spacial score (nSPS) is 11.1. The summed E-state index contributed by atoms with van der Waals surface area (Å²) in [6.07, 6.45) is 0. The average molecular weight is 435 g/mol. The van der Waals surface area contributed by atoms with Crippen LogP contribution >= 0.6 is 34.5 Å². The zero-order chi connectivity index (χ0) is 19.8. The van der Waals surface area contributed by atoms with Gasteiger partial charge in [-0.05, 0) is 49.4 Å². The van der Waals surface area contributed by atoms with Crippen molar-refractivity contribution in [3.05, 3.63) is 80.5 Å². The second-order valence-corrected chi connectivity index (χ2v) is 7.99. The Morgan fingerprint density at radius 3 is 2.64 bits per heavy atom. The maximum atomic E-state index is 13.2.